The summed E-state index contributed by atoms with van der Waals surface area (Å²) in [5, 5.41) is 8.14. The van der Waals surface area contributed by atoms with Gasteiger partial charge in [0.25, 0.3) is 0 Å². The maximum atomic E-state index is 13.7. The lowest BCUT2D eigenvalue weighted by Crippen LogP contribution is -2.25. The normalized spacial score (nSPS) is 12.7. The summed E-state index contributed by atoms with van der Waals surface area (Å²) in [6.45, 7) is 0.631. The zero-order chi connectivity index (χ0) is 17.1. The van der Waals surface area contributed by atoms with Crippen molar-refractivity contribution in [3.05, 3.63) is 65.3 Å². The molecule has 0 spiro atoms. The minimum Gasteiger partial charge on any atom is -0.338 e. The molecule has 2 aromatic heterocycles. The van der Waals surface area contributed by atoms with E-state index in [2.05, 4.69) is 15.2 Å². The molecule has 1 atom stereocenters. The van der Waals surface area contributed by atoms with Gasteiger partial charge >= 0.3 is 0 Å². The fourth-order valence-electron chi connectivity index (χ4n) is 2.71. The van der Waals surface area contributed by atoms with E-state index in [1.807, 2.05) is 31.3 Å². The molecule has 2 N–H and O–H groups in total. The van der Waals surface area contributed by atoms with E-state index in [0.29, 0.717) is 18.3 Å². The number of hydrogen-bond donors (Lipinski definition) is 1. The third-order valence-electron chi connectivity index (χ3n) is 3.72. The highest BCUT2D eigenvalue weighted by molar-refractivity contribution is 5.29. The summed E-state index contributed by atoms with van der Waals surface area (Å²) in [4.78, 5) is 6.23. The van der Waals surface area contributed by atoms with Crippen molar-refractivity contribution in [2.45, 2.75) is 19.1 Å². The summed E-state index contributed by atoms with van der Waals surface area (Å²) in [5.74, 6) is 0.644. The predicted octanol–water partition coefficient (Wildman–Crippen LogP) is 1.62. The molecule has 1 unspecified atom stereocenters. The number of nitrogens with zero attached hydrogens (tertiary/aromatic N) is 5. The molecular formula is C16H19FN6O. The number of halogens is 1. The molecule has 2 heterocycles. The standard InChI is InChI=1S/C16H19FN6O/c1-22(10-14-20-15(7-18)24-21-14)16(12-8-19-23(2)9-12)11-4-3-5-13(17)6-11/h3-6,8-9,16H,7,10,18H2,1-2H3. The van der Waals surface area contributed by atoms with Gasteiger partial charge in [0.1, 0.15) is 5.82 Å². The van der Waals surface area contributed by atoms with Gasteiger partial charge in [-0.15, -0.1) is 0 Å². The van der Waals surface area contributed by atoms with Crippen molar-refractivity contribution in [1.29, 1.82) is 0 Å². The first kappa shape index (κ1) is 16.3. The maximum absolute atomic E-state index is 13.7. The number of aromatic nitrogens is 4. The molecule has 3 aromatic rings. The molecule has 0 aliphatic rings. The van der Waals surface area contributed by atoms with Crippen LogP contribution in [0.2, 0.25) is 0 Å². The molecule has 0 radical (unpaired) electrons. The van der Waals surface area contributed by atoms with Crippen LogP contribution in [0.25, 0.3) is 0 Å². The zero-order valence-corrected chi connectivity index (χ0v) is 13.6. The Morgan fingerprint density at radius 3 is 2.83 bits per heavy atom. The molecule has 3 rings (SSSR count). The molecule has 7 nitrogen and oxygen atoms in total. The van der Waals surface area contributed by atoms with Crippen molar-refractivity contribution >= 4 is 0 Å². The Bertz CT molecular complexity index is 814. The van der Waals surface area contributed by atoms with Gasteiger partial charge in [-0.05, 0) is 24.7 Å². The van der Waals surface area contributed by atoms with Crippen molar-refractivity contribution in [1.82, 2.24) is 24.8 Å². The van der Waals surface area contributed by atoms with Gasteiger partial charge in [-0.3, -0.25) is 9.58 Å². The van der Waals surface area contributed by atoms with Crippen LogP contribution >= 0.6 is 0 Å². The van der Waals surface area contributed by atoms with Crippen molar-refractivity contribution in [2.24, 2.45) is 12.8 Å². The Balaban J connectivity index is 1.91. The Labute approximate surface area is 138 Å². The van der Waals surface area contributed by atoms with Gasteiger partial charge in [0.2, 0.25) is 5.89 Å². The minimum atomic E-state index is -0.278. The van der Waals surface area contributed by atoms with Crippen molar-refractivity contribution in [3.63, 3.8) is 0 Å². The van der Waals surface area contributed by atoms with E-state index in [1.54, 1.807) is 16.9 Å². The number of benzene rings is 1. The summed E-state index contributed by atoms with van der Waals surface area (Å²) in [5.41, 5.74) is 7.27. The predicted molar refractivity (Wildman–Crippen MR) is 85.1 cm³/mol. The van der Waals surface area contributed by atoms with E-state index < -0.39 is 0 Å². The van der Waals surface area contributed by atoms with Crippen LogP contribution in [-0.4, -0.2) is 31.9 Å². The van der Waals surface area contributed by atoms with E-state index in [-0.39, 0.29) is 18.4 Å². The zero-order valence-electron chi connectivity index (χ0n) is 13.6. The van der Waals surface area contributed by atoms with Crippen molar-refractivity contribution in [2.75, 3.05) is 7.05 Å². The molecule has 0 saturated carbocycles. The Morgan fingerprint density at radius 1 is 1.38 bits per heavy atom. The molecule has 126 valence electrons. The first-order valence-electron chi connectivity index (χ1n) is 7.52. The van der Waals surface area contributed by atoms with Crippen molar-refractivity contribution in [3.8, 4) is 0 Å². The first-order valence-corrected chi connectivity index (χ1v) is 7.52. The fourth-order valence-corrected chi connectivity index (χ4v) is 2.71. The lowest BCUT2D eigenvalue weighted by Gasteiger charge is -2.26. The van der Waals surface area contributed by atoms with E-state index in [0.717, 1.165) is 11.1 Å². The number of hydrogen-bond acceptors (Lipinski definition) is 6. The van der Waals surface area contributed by atoms with Gasteiger partial charge in [0, 0.05) is 18.8 Å². The van der Waals surface area contributed by atoms with E-state index in [1.165, 1.54) is 12.1 Å². The lowest BCUT2D eigenvalue weighted by atomic mass is 10.00. The van der Waals surface area contributed by atoms with Crippen LogP contribution in [0.5, 0.6) is 0 Å². The quantitative estimate of drug-likeness (QED) is 0.739. The summed E-state index contributed by atoms with van der Waals surface area (Å²) in [6, 6.07) is 6.35. The average molecular weight is 330 g/mol. The Hall–Kier alpha value is -2.58. The van der Waals surface area contributed by atoms with Gasteiger partial charge in [0.15, 0.2) is 5.82 Å². The van der Waals surface area contributed by atoms with Gasteiger partial charge in [-0.25, -0.2) is 4.39 Å². The smallest absolute Gasteiger partial charge is 0.240 e. The minimum absolute atomic E-state index is 0.186. The highest BCUT2D eigenvalue weighted by Gasteiger charge is 2.23. The second-order valence-corrected chi connectivity index (χ2v) is 5.63. The van der Waals surface area contributed by atoms with Gasteiger partial charge in [-0.2, -0.15) is 10.1 Å². The van der Waals surface area contributed by atoms with Gasteiger partial charge in [0.05, 0.1) is 25.3 Å². The molecule has 1 aromatic carbocycles. The first-order chi connectivity index (χ1) is 11.6. The van der Waals surface area contributed by atoms with E-state index in [9.17, 15) is 4.39 Å². The van der Waals surface area contributed by atoms with Crippen LogP contribution in [0.1, 0.15) is 28.9 Å². The second-order valence-electron chi connectivity index (χ2n) is 5.63. The molecule has 8 heteroatoms. The molecule has 0 aliphatic heterocycles. The highest BCUT2D eigenvalue weighted by atomic mass is 19.1. The molecule has 24 heavy (non-hydrogen) atoms. The largest absolute Gasteiger partial charge is 0.338 e. The highest BCUT2D eigenvalue weighted by Crippen LogP contribution is 2.28. The molecular weight excluding hydrogens is 311 g/mol. The summed E-state index contributed by atoms with van der Waals surface area (Å²) in [6.07, 6.45) is 3.68. The van der Waals surface area contributed by atoms with E-state index in [4.69, 9.17) is 10.3 Å². The molecule has 0 aliphatic carbocycles. The third kappa shape index (κ3) is 3.50. The summed E-state index contributed by atoms with van der Waals surface area (Å²) in [7, 11) is 3.76. The van der Waals surface area contributed by atoms with Gasteiger partial charge < -0.3 is 10.3 Å². The van der Waals surface area contributed by atoms with Crippen LogP contribution in [0.4, 0.5) is 4.39 Å². The molecule has 0 saturated heterocycles. The SMILES string of the molecule is CN(Cc1noc(CN)n1)C(c1cccc(F)c1)c1cnn(C)c1. The monoisotopic (exact) mass is 330 g/mol. The summed E-state index contributed by atoms with van der Waals surface area (Å²) < 4.78 is 20.5. The van der Waals surface area contributed by atoms with Gasteiger partial charge in [-0.1, -0.05) is 17.3 Å². The van der Waals surface area contributed by atoms with Crippen LogP contribution in [0, 0.1) is 5.82 Å². The lowest BCUT2D eigenvalue weighted by molar-refractivity contribution is 0.257. The molecule has 0 amide bonds. The Kier molecular flexibility index (Phi) is 4.68. The Morgan fingerprint density at radius 2 is 2.21 bits per heavy atom. The second kappa shape index (κ2) is 6.90. The van der Waals surface area contributed by atoms with Crippen LogP contribution in [-0.2, 0) is 20.1 Å². The topological polar surface area (TPSA) is 86.0 Å². The van der Waals surface area contributed by atoms with Crippen molar-refractivity contribution < 1.29 is 8.91 Å². The molecule has 0 fully saturated rings. The third-order valence-corrected chi connectivity index (χ3v) is 3.72. The molecule has 0 bridgehead atoms. The average Bonchev–Trinajstić information content (AvgIpc) is 3.17. The summed E-state index contributed by atoms with van der Waals surface area (Å²) >= 11 is 0. The van der Waals surface area contributed by atoms with Crippen LogP contribution in [0.15, 0.2) is 41.2 Å². The number of nitrogens with two attached hydrogens (primary N) is 1. The maximum Gasteiger partial charge on any atom is 0.240 e. The fraction of sp³-hybridized carbons (Fsp3) is 0.312. The van der Waals surface area contributed by atoms with E-state index >= 15 is 0 Å². The van der Waals surface area contributed by atoms with Crippen LogP contribution < -0.4 is 5.73 Å². The number of rotatable bonds is 6. The number of aryl methyl sites for hydroxylation is 1. The van der Waals surface area contributed by atoms with Crippen LogP contribution in [0.3, 0.4) is 0 Å².